The van der Waals surface area contributed by atoms with Gasteiger partial charge < -0.3 is 4.42 Å². The third-order valence-electron chi connectivity index (χ3n) is 11.3. The van der Waals surface area contributed by atoms with Crippen LogP contribution < -0.4 is 0 Å². The lowest BCUT2D eigenvalue weighted by molar-refractivity contribution is 0.669. The van der Waals surface area contributed by atoms with Gasteiger partial charge in [-0.05, 0) is 58.7 Å². The highest BCUT2D eigenvalue weighted by Crippen LogP contribution is 2.43. The van der Waals surface area contributed by atoms with E-state index in [1.807, 2.05) is 96.3 Å². The molecule has 5 nitrogen and oxygen atoms in total. The van der Waals surface area contributed by atoms with Gasteiger partial charge in [0.15, 0.2) is 23.1 Å². The first-order valence-electron chi connectivity index (χ1n) is 20.0. The van der Waals surface area contributed by atoms with Crippen LogP contribution in [-0.2, 0) is 0 Å². The number of fused-ring (bicyclic) bond motifs is 8. The standard InChI is InChI=1S/C54H32N4OS/c1-3-14-33(15-4-1)52-56-53(34-16-5-2-6-17-34)58-54(57-52)39-21-12-20-38(31-39)49-50-48(43-23-7-9-26-46(43)59-50)44-32-36(28-29-45(44)55-49)35-18-11-19-37(30-35)40-24-13-25-42-41-22-8-10-27-47(41)60-51(40)42/h1-32H. The van der Waals surface area contributed by atoms with E-state index in [1.54, 1.807) is 0 Å². The minimum atomic E-state index is 0.585. The van der Waals surface area contributed by atoms with Crippen molar-refractivity contribution in [3.8, 4) is 67.7 Å². The maximum absolute atomic E-state index is 6.73. The summed E-state index contributed by atoms with van der Waals surface area (Å²) in [6.45, 7) is 0. The average Bonchev–Trinajstić information content (AvgIpc) is 3.91. The first-order chi connectivity index (χ1) is 29.7. The number of pyridine rings is 1. The van der Waals surface area contributed by atoms with E-state index in [4.69, 9.17) is 24.4 Å². The fraction of sp³-hybridized carbons (Fsp3) is 0. The molecule has 0 radical (unpaired) electrons. The van der Waals surface area contributed by atoms with E-state index in [1.165, 1.54) is 31.3 Å². The van der Waals surface area contributed by atoms with Gasteiger partial charge in [0.1, 0.15) is 11.3 Å². The van der Waals surface area contributed by atoms with Crippen LogP contribution in [0.25, 0.3) is 121 Å². The molecule has 60 heavy (non-hydrogen) atoms. The van der Waals surface area contributed by atoms with Gasteiger partial charge in [0.25, 0.3) is 0 Å². The van der Waals surface area contributed by atoms with Gasteiger partial charge in [-0.1, -0.05) is 158 Å². The number of hydrogen-bond acceptors (Lipinski definition) is 6. The summed E-state index contributed by atoms with van der Waals surface area (Å²) in [7, 11) is 0. The second-order valence-corrected chi connectivity index (χ2v) is 16.0. The Balaban J connectivity index is 0.997. The topological polar surface area (TPSA) is 64.7 Å². The smallest absolute Gasteiger partial charge is 0.164 e. The molecule has 0 fully saturated rings. The largest absolute Gasteiger partial charge is 0.454 e. The van der Waals surface area contributed by atoms with Crippen LogP contribution in [0.5, 0.6) is 0 Å². The summed E-state index contributed by atoms with van der Waals surface area (Å²) in [6, 6.07) is 67.4. The minimum Gasteiger partial charge on any atom is -0.454 e. The number of furan rings is 1. The average molecular weight is 785 g/mol. The van der Waals surface area contributed by atoms with Crippen LogP contribution >= 0.6 is 11.3 Å². The predicted octanol–water partition coefficient (Wildman–Crippen LogP) is 14.7. The number of hydrogen-bond donors (Lipinski definition) is 0. The van der Waals surface area contributed by atoms with Gasteiger partial charge in [0.2, 0.25) is 0 Å². The highest BCUT2D eigenvalue weighted by molar-refractivity contribution is 7.26. The van der Waals surface area contributed by atoms with Crippen LogP contribution in [0.2, 0.25) is 0 Å². The van der Waals surface area contributed by atoms with Crippen LogP contribution in [0.1, 0.15) is 0 Å². The zero-order valence-corrected chi connectivity index (χ0v) is 32.9. The molecule has 6 heteroatoms. The van der Waals surface area contributed by atoms with E-state index < -0.39 is 0 Å². The van der Waals surface area contributed by atoms with Crippen LogP contribution in [0.3, 0.4) is 0 Å². The molecule has 0 unspecified atom stereocenters. The monoisotopic (exact) mass is 784 g/mol. The zero-order chi connectivity index (χ0) is 39.6. The molecule has 0 amide bonds. The van der Waals surface area contributed by atoms with Gasteiger partial charge >= 0.3 is 0 Å². The summed E-state index contributed by atoms with van der Waals surface area (Å²) in [4.78, 5) is 20.3. The third kappa shape index (κ3) is 5.76. The number of para-hydroxylation sites is 1. The van der Waals surface area contributed by atoms with Gasteiger partial charge in [-0.2, -0.15) is 0 Å². The maximum atomic E-state index is 6.73. The Morgan fingerprint density at radius 2 is 0.933 bits per heavy atom. The minimum absolute atomic E-state index is 0.585. The molecule has 0 aliphatic rings. The summed E-state index contributed by atoms with van der Waals surface area (Å²) in [5.74, 6) is 1.82. The lowest BCUT2D eigenvalue weighted by Gasteiger charge is -2.11. The van der Waals surface area contributed by atoms with Crippen molar-refractivity contribution in [3.05, 3.63) is 194 Å². The molecule has 4 aromatic heterocycles. The Morgan fingerprint density at radius 1 is 0.367 bits per heavy atom. The van der Waals surface area contributed by atoms with Crippen molar-refractivity contribution in [1.29, 1.82) is 0 Å². The normalized spacial score (nSPS) is 11.7. The Labute approximate surface area is 348 Å². The maximum Gasteiger partial charge on any atom is 0.164 e. The van der Waals surface area contributed by atoms with Crippen molar-refractivity contribution in [2.24, 2.45) is 0 Å². The van der Waals surface area contributed by atoms with E-state index in [-0.39, 0.29) is 0 Å². The molecular formula is C54H32N4OS. The fourth-order valence-corrected chi connectivity index (χ4v) is 9.68. The zero-order valence-electron chi connectivity index (χ0n) is 32.1. The Morgan fingerprint density at radius 3 is 1.72 bits per heavy atom. The fourth-order valence-electron chi connectivity index (χ4n) is 8.44. The molecule has 0 N–H and O–H groups in total. The van der Waals surface area contributed by atoms with Gasteiger partial charge in [-0.15, -0.1) is 11.3 Å². The summed E-state index contributed by atoms with van der Waals surface area (Å²) < 4.78 is 9.35. The van der Waals surface area contributed by atoms with Crippen molar-refractivity contribution >= 4 is 64.4 Å². The molecule has 0 bridgehead atoms. The number of nitrogens with zero attached hydrogens (tertiary/aromatic N) is 4. The molecule has 0 aliphatic heterocycles. The molecule has 4 heterocycles. The van der Waals surface area contributed by atoms with Crippen molar-refractivity contribution in [2.75, 3.05) is 0 Å². The van der Waals surface area contributed by atoms with Crippen molar-refractivity contribution in [2.45, 2.75) is 0 Å². The van der Waals surface area contributed by atoms with E-state index >= 15 is 0 Å². The lowest BCUT2D eigenvalue weighted by Crippen LogP contribution is -2.00. The molecule has 280 valence electrons. The molecular weight excluding hydrogens is 753 g/mol. The van der Waals surface area contributed by atoms with Crippen LogP contribution in [0, 0.1) is 0 Å². The highest BCUT2D eigenvalue weighted by Gasteiger charge is 2.20. The van der Waals surface area contributed by atoms with E-state index in [2.05, 4.69) is 109 Å². The highest BCUT2D eigenvalue weighted by atomic mass is 32.1. The molecule has 0 saturated carbocycles. The first kappa shape index (κ1) is 34.3. The predicted molar refractivity (Wildman–Crippen MR) is 248 cm³/mol. The number of benzene rings is 8. The molecule has 12 rings (SSSR count). The van der Waals surface area contributed by atoms with Crippen molar-refractivity contribution in [3.63, 3.8) is 0 Å². The SMILES string of the molecule is c1ccc(-c2nc(-c3ccccc3)nc(-c3cccc(-c4nc5ccc(-c6cccc(-c7cccc8c7sc7ccccc78)c6)cc5c5c4oc4ccccc45)c3)n2)cc1. The van der Waals surface area contributed by atoms with E-state index in [0.29, 0.717) is 17.5 Å². The number of rotatable bonds is 6. The summed E-state index contributed by atoms with van der Waals surface area (Å²) >= 11 is 1.86. The number of thiophene rings is 1. The van der Waals surface area contributed by atoms with Crippen molar-refractivity contribution in [1.82, 2.24) is 19.9 Å². The van der Waals surface area contributed by atoms with Gasteiger partial charge in [0.05, 0.1) is 5.52 Å². The second-order valence-electron chi connectivity index (χ2n) is 15.0. The van der Waals surface area contributed by atoms with Crippen LogP contribution in [-0.4, -0.2) is 19.9 Å². The van der Waals surface area contributed by atoms with Gasteiger partial charge in [-0.25, -0.2) is 19.9 Å². The van der Waals surface area contributed by atoms with Gasteiger partial charge in [-0.3, -0.25) is 0 Å². The summed E-state index contributed by atoms with van der Waals surface area (Å²) in [6.07, 6.45) is 0. The lowest BCUT2D eigenvalue weighted by atomic mass is 9.95. The quantitative estimate of drug-likeness (QED) is 0.168. The Hall–Kier alpha value is -7.80. The second kappa shape index (κ2) is 13.9. The third-order valence-corrected chi connectivity index (χ3v) is 12.5. The van der Waals surface area contributed by atoms with Crippen molar-refractivity contribution < 1.29 is 4.42 Å². The van der Waals surface area contributed by atoms with E-state index in [0.717, 1.165) is 71.9 Å². The molecule has 0 atom stereocenters. The van der Waals surface area contributed by atoms with Crippen LogP contribution in [0.15, 0.2) is 199 Å². The summed E-state index contributed by atoms with van der Waals surface area (Å²) in [5, 5.41) is 5.74. The van der Waals surface area contributed by atoms with Gasteiger partial charge in [0, 0.05) is 58.6 Å². The molecule has 0 spiro atoms. The van der Waals surface area contributed by atoms with Crippen LogP contribution in [0.4, 0.5) is 0 Å². The first-order valence-corrected chi connectivity index (χ1v) is 20.8. The molecule has 12 aromatic rings. The number of aromatic nitrogens is 4. The molecule has 0 saturated heterocycles. The molecule has 0 aliphatic carbocycles. The Kier molecular flexibility index (Phi) is 7.96. The Bertz CT molecular complexity index is 3550. The molecule has 8 aromatic carbocycles. The van der Waals surface area contributed by atoms with E-state index in [9.17, 15) is 0 Å². The summed E-state index contributed by atoms with van der Waals surface area (Å²) in [5.41, 5.74) is 11.6.